The largest absolute Gasteiger partial charge is 0.533 e. The molecule has 3 aromatic rings. The summed E-state index contributed by atoms with van der Waals surface area (Å²) in [4.78, 5) is 30.9. The van der Waals surface area contributed by atoms with E-state index in [9.17, 15) is 56.9 Å². The molecule has 8 rings (SSSR count). The van der Waals surface area contributed by atoms with Crippen molar-refractivity contribution in [3.8, 4) is 0 Å². The Morgan fingerprint density at radius 1 is 0.778 bits per heavy atom. The summed E-state index contributed by atoms with van der Waals surface area (Å²) < 4.78 is 132. The van der Waals surface area contributed by atoms with Crippen LogP contribution in [-0.2, 0) is 56.3 Å². The van der Waals surface area contributed by atoms with Gasteiger partial charge in [0.05, 0.1) is 22.6 Å². The Morgan fingerprint density at radius 2 is 1.48 bits per heavy atom. The molecule has 81 heavy (non-hydrogen) atoms. The van der Waals surface area contributed by atoms with Gasteiger partial charge < -0.3 is 9.80 Å². The van der Waals surface area contributed by atoms with Crippen molar-refractivity contribution in [2.24, 2.45) is 5.92 Å². The van der Waals surface area contributed by atoms with Crippen LogP contribution in [0.1, 0.15) is 143 Å². The van der Waals surface area contributed by atoms with Crippen LogP contribution in [0.3, 0.4) is 0 Å². The third-order valence-electron chi connectivity index (χ3n) is 16.3. The van der Waals surface area contributed by atoms with Gasteiger partial charge in [0.1, 0.15) is 23.7 Å². The Kier molecular flexibility index (Phi) is 17.9. The second-order valence-corrected chi connectivity index (χ2v) is 28.7. The summed E-state index contributed by atoms with van der Waals surface area (Å²) in [6.45, 7) is 13.0. The van der Waals surface area contributed by atoms with Gasteiger partial charge in [0, 0.05) is 82.9 Å². The van der Waals surface area contributed by atoms with Crippen molar-refractivity contribution < 1.29 is 61.5 Å². The quantitative estimate of drug-likeness (QED) is 0.0228. The molecule has 436 valence electrons. The number of aryl methyl sites for hydroxylation is 1. The molecule has 0 radical (unpaired) electrons. The number of carbonyl (C=O) groups excluding carboxylic acids is 2. The van der Waals surface area contributed by atoms with Gasteiger partial charge in [-0.15, -0.1) is 8.42 Å². The first kappa shape index (κ1) is 61.1. The van der Waals surface area contributed by atoms with Crippen LogP contribution in [-0.4, -0.2) is 118 Å². The van der Waals surface area contributed by atoms with Gasteiger partial charge in [-0.05, 0) is 165 Å². The van der Waals surface area contributed by atoms with Gasteiger partial charge in [0.2, 0.25) is 5.69 Å². The van der Waals surface area contributed by atoms with E-state index in [1.807, 2.05) is 32.9 Å². The highest BCUT2D eigenvalue weighted by Crippen LogP contribution is 2.58. The van der Waals surface area contributed by atoms with Crippen molar-refractivity contribution in [2.75, 3.05) is 53.1 Å². The normalized spacial score (nSPS) is 19.4. The van der Waals surface area contributed by atoms with Crippen LogP contribution in [0.5, 0.6) is 0 Å². The van der Waals surface area contributed by atoms with Crippen molar-refractivity contribution in [2.45, 2.75) is 123 Å². The fourth-order valence-corrected chi connectivity index (χ4v) is 14.5. The summed E-state index contributed by atoms with van der Waals surface area (Å²) in [5.74, 6) is -1.56. The molecule has 0 fully saturated rings. The molecule has 2 aliphatic heterocycles. The maximum atomic E-state index is 14.8. The number of Topliss-reactive ketones (excluding diaryl/α,β-unsaturated/α-hetero) is 1. The topological polar surface area (TPSA) is 288 Å². The minimum Gasteiger partial charge on any atom is -0.344 e. The summed E-state index contributed by atoms with van der Waals surface area (Å²) in [7, 11) is -17.1. The monoisotopic (exact) mass is 1190 g/mol. The fourth-order valence-electron chi connectivity index (χ4n) is 12.3. The second-order valence-electron chi connectivity index (χ2n) is 22.7. The Labute approximate surface area is 476 Å². The van der Waals surface area contributed by atoms with Gasteiger partial charge in [0.25, 0.3) is 26.1 Å². The van der Waals surface area contributed by atoms with Gasteiger partial charge in [-0.3, -0.25) is 28.0 Å². The molecule has 1 unspecified atom stereocenters. The molecule has 23 heteroatoms. The zero-order chi connectivity index (χ0) is 59.0. The van der Waals surface area contributed by atoms with Crippen LogP contribution in [0.25, 0.3) is 11.1 Å². The molecule has 1 amide bonds. The van der Waals surface area contributed by atoms with Crippen molar-refractivity contribution in [3.63, 3.8) is 0 Å². The van der Waals surface area contributed by atoms with Crippen molar-refractivity contribution >= 4 is 86.3 Å². The van der Waals surface area contributed by atoms with Crippen molar-refractivity contribution in [3.05, 3.63) is 139 Å². The van der Waals surface area contributed by atoms with E-state index in [-0.39, 0.29) is 68.3 Å². The van der Waals surface area contributed by atoms with E-state index < -0.39 is 68.9 Å². The van der Waals surface area contributed by atoms with E-state index in [2.05, 4.69) is 74.5 Å². The SMILES string of the molecule is CCC(=O)CCN(CCCS(=O)(=O)[O+]=N)C(=O)c1ccc2c(c1)C1=C(C=CC3=[N+](CCCCS(=O)(=O)O)c4ccc(C)cc4C3(C)C)CCC3CCC(=CC=C4N(CCCCS(=O)(=O)O)c5ccc(NS(=O)(=O)O)cc5C4(C)C)C2=C13. The summed E-state index contributed by atoms with van der Waals surface area (Å²) in [6, 6.07) is 16.9. The number of hydrogen-bond donors (Lipinski definition) is 5. The van der Waals surface area contributed by atoms with Crippen LogP contribution in [0.4, 0.5) is 17.1 Å². The molecule has 0 bridgehead atoms. The van der Waals surface area contributed by atoms with Crippen LogP contribution in [0.2, 0.25) is 0 Å². The standard InChI is InChI=1S/C58H71N5O14S4/c1-7-44(64)27-31-61(28-12-34-80(72,73)77-59)56(65)42-18-22-45-46(36-42)54-40(20-26-51-57(3,4)47-35-38(2)13-23-49(47)62(51)29-8-10-32-78(66,67)68)15-17-41-16-14-39(53(45)55(41)54)19-25-52-58(5,6)48-37-43(60-81(74,75)76)21-24-50(48)63(52)30-9-11-33-79(69,70)71/h13,18-26,35-37,41,59H,7-12,14-17,27-34H2,1-6H3,(H2-2,60,65,66,67,68,69,70,71,74,75,76)/p+2. The zero-order valence-corrected chi connectivity index (χ0v) is 49.9. The highest BCUT2D eigenvalue weighted by Gasteiger charge is 2.46. The first-order valence-corrected chi connectivity index (χ1v) is 33.6. The number of nitrogens with one attached hydrogen (secondary N) is 2. The highest BCUT2D eigenvalue weighted by molar-refractivity contribution is 7.93. The molecule has 2 heterocycles. The predicted molar refractivity (Wildman–Crippen MR) is 315 cm³/mol. The van der Waals surface area contributed by atoms with Crippen molar-refractivity contribution in [1.82, 2.24) is 4.90 Å². The molecule has 0 aromatic heterocycles. The van der Waals surface area contributed by atoms with Gasteiger partial charge in [-0.25, -0.2) is 0 Å². The molecule has 5 N–H and O–H groups in total. The average molecular weight is 1190 g/mol. The minimum absolute atomic E-state index is 0.0106. The summed E-state index contributed by atoms with van der Waals surface area (Å²) in [5.41, 5.74) is 19.9. The Hall–Kier alpha value is -5.95. The fraction of sp³-hybridized carbons (Fsp3) is 0.466. The molecule has 0 saturated heterocycles. The first-order chi connectivity index (χ1) is 37.9. The predicted octanol–water partition coefficient (Wildman–Crippen LogP) is 9.92. The van der Waals surface area contributed by atoms with Crippen LogP contribution in [0, 0.1) is 22.4 Å². The molecule has 3 aromatic carbocycles. The Balaban J connectivity index is 1.27. The van der Waals surface area contributed by atoms with Crippen LogP contribution in [0.15, 0.2) is 101 Å². The number of unbranched alkanes of at least 4 members (excludes halogenated alkanes) is 2. The van der Waals surface area contributed by atoms with E-state index in [0.717, 1.165) is 91.3 Å². The van der Waals surface area contributed by atoms with E-state index in [1.54, 1.807) is 31.2 Å². The smallest absolute Gasteiger partial charge is 0.344 e. The summed E-state index contributed by atoms with van der Waals surface area (Å²) in [6.07, 6.45) is 13.2. The maximum Gasteiger partial charge on any atom is 0.533 e. The van der Waals surface area contributed by atoms with Crippen LogP contribution < -0.4 is 9.62 Å². The van der Waals surface area contributed by atoms with E-state index in [1.165, 1.54) is 4.90 Å². The average Bonchev–Trinajstić information content (AvgIpc) is 3.18. The lowest BCUT2D eigenvalue weighted by Gasteiger charge is -2.32. The molecule has 3 aliphatic carbocycles. The number of carbonyl (C=O) groups is 2. The summed E-state index contributed by atoms with van der Waals surface area (Å²) >= 11 is 0. The molecule has 1 atom stereocenters. The second kappa shape index (κ2) is 23.7. The lowest BCUT2D eigenvalue weighted by molar-refractivity contribution is -0.438. The van der Waals surface area contributed by atoms with Gasteiger partial charge in [-0.1, -0.05) is 50.6 Å². The van der Waals surface area contributed by atoms with E-state index >= 15 is 0 Å². The van der Waals surface area contributed by atoms with Crippen molar-refractivity contribution in [1.29, 1.82) is 5.59 Å². The minimum atomic E-state index is -4.60. The number of ketones is 1. The third kappa shape index (κ3) is 13.8. The molecule has 0 saturated carbocycles. The Morgan fingerprint density at radius 3 is 2.16 bits per heavy atom. The number of nitrogens with zero attached hydrogens (tertiary/aromatic N) is 3. The number of anilines is 2. The van der Waals surface area contributed by atoms with Gasteiger partial charge in [0.15, 0.2) is 5.71 Å². The molecule has 5 aliphatic rings. The molecular formula is C58H73N5O14S4+2. The van der Waals surface area contributed by atoms with Gasteiger partial charge in [-0.2, -0.15) is 29.8 Å². The van der Waals surface area contributed by atoms with Crippen LogP contribution >= 0.6 is 0 Å². The number of fused-ring (bicyclic) bond motifs is 5. The number of allylic oxidation sites excluding steroid dienone is 10. The first-order valence-electron chi connectivity index (χ1n) is 27.4. The Bertz CT molecular complexity index is 3740. The van der Waals surface area contributed by atoms with E-state index in [4.69, 9.17) is 5.59 Å². The number of rotatable bonds is 25. The lowest BCUT2D eigenvalue weighted by Crippen LogP contribution is -2.34. The summed E-state index contributed by atoms with van der Waals surface area (Å²) in [5, 5.41) is 0. The third-order valence-corrected chi connectivity index (χ3v) is 19.5. The lowest BCUT2D eigenvalue weighted by atomic mass is 9.72. The highest BCUT2D eigenvalue weighted by atomic mass is 32.2. The molecule has 19 nitrogen and oxygen atoms in total. The molecule has 0 spiro atoms. The zero-order valence-electron chi connectivity index (χ0n) is 46.6. The number of benzene rings is 3. The molecular weight excluding hydrogens is 1120 g/mol. The number of amides is 1. The number of hydrogen-bond acceptors (Lipinski definition) is 12. The van der Waals surface area contributed by atoms with E-state index in [0.29, 0.717) is 44.3 Å². The maximum absolute atomic E-state index is 14.8. The number of nitroso groups, excluding NO2 is 1. The van der Waals surface area contributed by atoms with Gasteiger partial charge >= 0.3 is 20.4 Å².